The molecule has 4 rings (SSSR count). The van der Waals surface area contributed by atoms with Crippen LogP contribution in [-0.4, -0.2) is 62.0 Å². The highest BCUT2D eigenvalue weighted by molar-refractivity contribution is 7.89. The summed E-state index contributed by atoms with van der Waals surface area (Å²) < 4.78 is 38.5. The van der Waals surface area contributed by atoms with Crippen LogP contribution in [0.15, 0.2) is 41.4 Å². The summed E-state index contributed by atoms with van der Waals surface area (Å²) in [7, 11) is -3.54. The second-order valence-electron chi connectivity index (χ2n) is 6.79. The Morgan fingerprint density at radius 3 is 2.48 bits per heavy atom. The maximum Gasteiger partial charge on any atom is 0.243 e. The molecule has 144 valence electrons. The Morgan fingerprint density at radius 2 is 1.74 bits per heavy atom. The average molecular weight is 389 g/mol. The summed E-state index contributed by atoms with van der Waals surface area (Å²) in [6, 6.07) is 8.90. The monoisotopic (exact) mass is 389 g/mol. The van der Waals surface area contributed by atoms with Gasteiger partial charge in [-0.05, 0) is 36.8 Å². The number of aryl methyl sites for hydroxylation is 1. The van der Waals surface area contributed by atoms with E-state index in [1.807, 2.05) is 19.2 Å². The Balaban J connectivity index is 1.42. The summed E-state index contributed by atoms with van der Waals surface area (Å²) in [4.78, 5) is 6.74. The van der Waals surface area contributed by atoms with E-state index in [-0.39, 0.29) is 4.90 Å². The fourth-order valence-electron chi connectivity index (χ4n) is 3.42. The molecule has 0 aliphatic carbocycles. The van der Waals surface area contributed by atoms with E-state index in [0.717, 1.165) is 12.2 Å². The van der Waals surface area contributed by atoms with Crippen LogP contribution in [0.4, 0.5) is 0 Å². The molecule has 2 aromatic rings. The zero-order chi connectivity index (χ0) is 18.9. The number of fused-ring (bicyclic) bond motifs is 1. The summed E-state index contributed by atoms with van der Waals surface area (Å²) in [5.74, 6) is 1.09. The summed E-state index contributed by atoms with van der Waals surface area (Å²) in [6.07, 6.45) is 1.81. The molecule has 0 saturated carbocycles. The van der Waals surface area contributed by atoms with Crippen molar-refractivity contribution in [2.45, 2.75) is 18.4 Å². The standard InChI is InChI=1S/C19H23N3O4S/c1-15-12-16(4-5-20-15)14-21-6-8-22(9-7-21)27(23,24)17-2-3-18-19(13-17)26-11-10-25-18/h2-5,12-13H,6-11,14H2,1H3. The SMILES string of the molecule is Cc1cc(CN2CCN(S(=O)(=O)c3ccc4c(c3)OCCO4)CC2)ccn1. The van der Waals surface area contributed by atoms with Crippen molar-refractivity contribution < 1.29 is 17.9 Å². The normalized spacial score (nSPS) is 18.4. The Morgan fingerprint density at radius 1 is 1.00 bits per heavy atom. The Bertz CT molecular complexity index is 924. The first kappa shape index (κ1) is 18.2. The molecule has 0 N–H and O–H groups in total. The number of pyridine rings is 1. The van der Waals surface area contributed by atoms with Crippen LogP contribution in [-0.2, 0) is 16.6 Å². The Labute approximate surface area is 159 Å². The van der Waals surface area contributed by atoms with Gasteiger partial charge in [-0.1, -0.05) is 0 Å². The summed E-state index contributed by atoms with van der Waals surface area (Å²) in [5, 5.41) is 0. The molecule has 27 heavy (non-hydrogen) atoms. The number of piperazine rings is 1. The predicted octanol–water partition coefficient (Wildman–Crippen LogP) is 1.67. The van der Waals surface area contributed by atoms with Crippen molar-refractivity contribution in [1.29, 1.82) is 0 Å². The van der Waals surface area contributed by atoms with Crippen molar-refractivity contribution in [3.63, 3.8) is 0 Å². The fourth-order valence-corrected chi connectivity index (χ4v) is 4.86. The molecule has 1 aromatic carbocycles. The molecule has 0 unspecified atom stereocenters. The van der Waals surface area contributed by atoms with E-state index in [4.69, 9.17) is 9.47 Å². The Hall–Kier alpha value is -2.16. The molecule has 0 amide bonds. The molecular weight excluding hydrogens is 366 g/mol. The lowest BCUT2D eigenvalue weighted by molar-refractivity contribution is 0.170. The van der Waals surface area contributed by atoms with Crippen LogP contribution in [0.25, 0.3) is 0 Å². The van der Waals surface area contributed by atoms with Crippen LogP contribution in [0.3, 0.4) is 0 Å². The zero-order valence-corrected chi connectivity index (χ0v) is 16.1. The number of benzene rings is 1. The molecule has 0 radical (unpaired) electrons. The van der Waals surface area contributed by atoms with Gasteiger partial charge in [-0.15, -0.1) is 0 Å². The number of sulfonamides is 1. The maximum atomic E-state index is 13.0. The average Bonchev–Trinajstić information content (AvgIpc) is 2.68. The molecule has 0 bridgehead atoms. The molecule has 0 atom stereocenters. The fraction of sp³-hybridized carbons (Fsp3) is 0.421. The van der Waals surface area contributed by atoms with Crippen molar-refractivity contribution in [3.8, 4) is 11.5 Å². The second-order valence-corrected chi connectivity index (χ2v) is 8.73. The number of nitrogens with zero attached hydrogens (tertiary/aromatic N) is 3. The largest absolute Gasteiger partial charge is 0.486 e. The van der Waals surface area contributed by atoms with Gasteiger partial charge in [-0.25, -0.2) is 8.42 Å². The van der Waals surface area contributed by atoms with Crippen LogP contribution in [0.1, 0.15) is 11.3 Å². The topological polar surface area (TPSA) is 72.0 Å². The van der Waals surface area contributed by atoms with Gasteiger partial charge in [0.15, 0.2) is 11.5 Å². The minimum Gasteiger partial charge on any atom is -0.486 e. The molecule has 1 aromatic heterocycles. The van der Waals surface area contributed by atoms with Gasteiger partial charge in [0.05, 0.1) is 4.90 Å². The van der Waals surface area contributed by atoms with Gasteiger partial charge in [-0.3, -0.25) is 9.88 Å². The first-order valence-corrected chi connectivity index (χ1v) is 10.5. The van der Waals surface area contributed by atoms with E-state index in [2.05, 4.69) is 16.0 Å². The van der Waals surface area contributed by atoms with E-state index in [1.54, 1.807) is 22.5 Å². The molecule has 2 aliphatic rings. The molecular formula is C19H23N3O4S. The first-order chi connectivity index (χ1) is 13.0. The third kappa shape index (κ3) is 3.92. The zero-order valence-electron chi connectivity index (χ0n) is 15.3. The number of ether oxygens (including phenoxy) is 2. The van der Waals surface area contributed by atoms with E-state index in [0.29, 0.717) is 50.9 Å². The van der Waals surface area contributed by atoms with Gasteiger partial charge >= 0.3 is 0 Å². The molecule has 3 heterocycles. The van der Waals surface area contributed by atoms with Crippen LogP contribution >= 0.6 is 0 Å². The molecule has 2 aliphatic heterocycles. The molecule has 1 saturated heterocycles. The summed E-state index contributed by atoms with van der Waals surface area (Å²) >= 11 is 0. The third-order valence-corrected chi connectivity index (χ3v) is 6.74. The molecule has 7 nitrogen and oxygen atoms in total. The number of hydrogen-bond donors (Lipinski definition) is 0. The number of hydrogen-bond acceptors (Lipinski definition) is 6. The van der Waals surface area contributed by atoms with Gasteiger partial charge in [0.25, 0.3) is 0 Å². The minimum absolute atomic E-state index is 0.255. The van der Waals surface area contributed by atoms with Crippen molar-refractivity contribution in [2.24, 2.45) is 0 Å². The van der Waals surface area contributed by atoms with Crippen molar-refractivity contribution in [2.75, 3.05) is 39.4 Å². The lowest BCUT2D eigenvalue weighted by Crippen LogP contribution is -2.48. The van der Waals surface area contributed by atoms with Gasteiger partial charge in [-0.2, -0.15) is 4.31 Å². The molecule has 8 heteroatoms. The highest BCUT2D eigenvalue weighted by Gasteiger charge is 2.29. The predicted molar refractivity (Wildman–Crippen MR) is 100 cm³/mol. The van der Waals surface area contributed by atoms with Crippen LogP contribution < -0.4 is 9.47 Å². The Kier molecular flexibility index (Phi) is 5.03. The van der Waals surface area contributed by atoms with Crippen LogP contribution in [0.5, 0.6) is 11.5 Å². The van der Waals surface area contributed by atoms with E-state index >= 15 is 0 Å². The molecule has 0 spiro atoms. The van der Waals surface area contributed by atoms with E-state index in [9.17, 15) is 8.42 Å². The van der Waals surface area contributed by atoms with Crippen molar-refractivity contribution in [3.05, 3.63) is 47.8 Å². The van der Waals surface area contributed by atoms with Crippen LogP contribution in [0.2, 0.25) is 0 Å². The maximum absolute atomic E-state index is 13.0. The van der Waals surface area contributed by atoms with E-state index in [1.165, 1.54) is 5.56 Å². The van der Waals surface area contributed by atoms with Gasteiger partial charge in [0.1, 0.15) is 13.2 Å². The second kappa shape index (κ2) is 7.46. The summed E-state index contributed by atoms with van der Waals surface area (Å²) in [6.45, 7) is 6.04. The highest BCUT2D eigenvalue weighted by atomic mass is 32.2. The smallest absolute Gasteiger partial charge is 0.243 e. The van der Waals surface area contributed by atoms with Crippen molar-refractivity contribution in [1.82, 2.24) is 14.2 Å². The lowest BCUT2D eigenvalue weighted by Gasteiger charge is -2.34. The van der Waals surface area contributed by atoms with Gasteiger partial charge in [0, 0.05) is 50.7 Å². The quantitative estimate of drug-likeness (QED) is 0.792. The van der Waals surface area contributed by atoms with Gasteiger partial charge in [0.2, 0.25) is 10.0 Å². The van der Waals surface area contributed by atoms with Gasteiger partial charge < -0.3 is 9.47 Å². The van der Waals surface area contributed by atoms with E-state index < -0.39 is 10.0 Å². The minimum atomic E-state index is -3.54. The van der Waals surface area contributed by atoms with Crippen molar-refractivity contribution >= 4 is 10.0 Å². The molecule has 1 fully saturated rings. The van der Waals surface area contributed by atoms with Crippen LogP contribution in [0, 0.1) is 6.92 Å². The highest BCUT2D eigenvalue weighted by Crippen LogP contribution is 2.33. The lowest BCUT2D eigenvalue weighted by atomic mass is 10.2. The third-order valence-electron chi connectivity index (χ3n) is 4.85. The first-order valence-electron chi connectivity index (χ1n) is 9.06. The number of aromatic nitrogens is 1. The summed E-state index contributed by atoms with van der Waals surface area (Å²) in [5.41, 5.74) is 2.19. The number of rotatable bonds is 4.